The third-order valence-corrected chi connectivity index (χ3v) is 9.95. The van der Waals surface area contributed by atoms with Gasteiger partial charge in [-0.15, -0.1) is 19.8 Å². The van der Waals surface area contributed by atoms with Crippen LogP contribution in [0.15, 0.2) is 55.1 Å². The van der Waals surface area contributed by atoms with Gasteiger partial charge in [0.2, 0.25) is 5.91 Å². The third-order valence-electron chi connectivity index (χ3n) is 9.95. The lowest BCUT2D eigenvalue weighted by atomic mass is 9.48. The van der Waals surface area contributed by atoms with E-state index >= 15 is 0 Å². The molecule has 1 spiro atoms. The number of aromatic hydroxyl groups is 1. The molecule has 8 nitrogen and oxygen atoms in total. The largest absolute Gasteiger partial charge is 0.573 e. The van der Waals surface area contributed by atoms with Gasteiger partial charge in [-0.2, -0.15) is 0 Å². The van der Waals surface area contributed by atoms with Gasteiger partial charge >= 0.3 is 12.3 Å². The zero-order chi connectivity index (χ0) is 33.0. The van der Waals surface area contributed by atoms with Gasteiger partial charge in [0.15, 0.2) is 11.5 Å². The Morgan fingerprint density at radius 2 is 2.02 bits per heavy atom. The summed E-state index contributed by atoms with van der Waals surface area (Å²) >= 11 is 0. The molecule has 11 heteroatoms. The molecule has 0 radical (unpaired) electrons. The highest BCUT2D eigenvalue weighted by Gasteiger charge is 2.75. The van der Waals surface area contributed by atoms with E-state index in [9.17, 15) is 27.9 Å². The van der Waals surface area contributed by atoms with Gasteiger partial charge in [-0.1, -0.05) is 38.1 Å². The van der Waals surface area contributed by atoms with Gasteiger partial charge in [0.25, 0.3) is 0 Å². The fourth-order valence-electron chi connectivity index (χ4n) is 8.60. The van der Waals surface area contributed by atoms with E-state index in [0.717, 1.165) is 11.1 Å². The number of esters is 1. The number of phenolic OH excluding ortho intramolecular Hbond substituents is 1. The van der Waals surface area contributed by atoms with Crippen LogP contribution in [0.3, 0.4) is 0 Å². The molecule has 1 amide bonds. The standard InChI is InChI=1S/C35H39F3N2O6/c1-5-16-39-17-15-33-30-24-10-11-27(42)31(30)44-32(33)26(13-14-34(33,28(39)19-24)45-22(4)41)40(20-21(2)3)29(43)12-9-23-7-6-8-25(18-23)46-35(36,37)38/h5-12,18,21,26,28,32,42H,1,13-17,19-20H2,2-4H3/t26-,28-,32+,33+,34-/m1/s1. The Hall–Kier alpha value is -3.99. The normalized spacial score (nSPS) is 28.0. The number of halogens is 3. The minimum atomic E-state index is -4.83. The molecule has 2 bridgehead atoms. The number of benzene rings is 2. The van der Waals surface area contributed by atoms with Crippen molar-refractivity contribution in [2.45, 2.75) is 82.0 Å². The second-order valence-electron chi connectivity index (χ2n) is 13.1. The maximum Gasteiger partial charge on any atom is 0.573 e. The fourth-order valence-corrected chi connectivity index (χ4v) is 8.60. The van der Waals surface area contributed by atoms with E-state index in [1.165, 1.54) is 37.3 Å². The number of hydrogen-bond acceptors (Lipinski definition) is 7. The van der Waals surface area contributed by atoms with Crippen molar-refractivity contribution in [1.82, 2.24) is 9.80 Å². The van der Waals surface area contributed by atoms with Crippen molar-refractivity contribution in [3.63, 3.8) is 0 Å². The summed E-state index contributed by atoms with van der Waals surface area (Å²) in [6.45, 7) is 11.1. The summed E-state index contributed by atoms with van der Waals surface area (Å²) < 4.78 is 55.6. The number of carbonyl (C=O) groups excluding carboxylic acids is 2. The molecule has 5 atom stereocenters. The second kappa shape index (κ2) is 11.7. The lowest BCUT2D eigenvalue weighted by Crippen LogP contribution is -2.79. The average molecular weight is 641 g/mol. The molecule has 2 heterocycles. The molecule has 2 aliphatic heterocycles. The average Bonchev–Trinajstić information content (AvgIpc) is 3.32. The van der Waals surface area contributed by atoms with Crippen LogP contribution in [-0.2, 0) is 26.2 Å². The molecular formula is C35H39F3N2O6. The van der Waals surface area contributed by atoms with Crippen LogP contribution in [0.4, 0.5) is 13.2 Å². The number of piperidine rings is 1. The van der Waals surface area contributed by atoms with Crippen LogP contribution >= 0.6 is 0 Å². The Kier molecular flexibility index (Phi) is 8.11. The van der Waals surface area contributed by atoms with Crippen molar-refractivity contribution >= 4 is 18.0 Å². The highest BCUT2D eigenvalue weighted by atomic mass is 19.4. The summed E-state index contributed by atoms with van der Waals surface area (Å²) in [6.07, 6.45) is 1.39. The van der Waals surface area contributed by atoms with Gasteiger partial charge < -0.3 is 24.2 Å². The Morgan fingerprint density at radius 3 is 2.72 bits per heavy atom. The van der Waals surface area contributed by atoms with Crippen LogP contribution in [0.25, 0.3) is 6.08 Å². The minimum absolute atomic E-state index is 0.00700. The molecule has 2 aromatic carbocycles. The Bertz CT molecular complexity index is 1570. The molecule has 2 aliphatic carbocycles. The number of phenols is 1. The van der Waals surface area contributed by atoms with Crippen molar-refractivity contribution < 1.29 is 42.1 Å². The predicted octanol–water partition coefficient (Wildman–Crippen LogP) is 5.77. The maximum absolute atomic E-state index is 14.0. The van der Waals surface area contributed by atoms with Crippen molar-refractivity contribution in [2.75, 3.05) is 19.6 Å². The summed E-state index contributed by atoms with van der Waals surface area (Å²) in [5.41, 5.74) is 0.509. The molecule has 2 fully saturated rings. The predicted molar refractivity (Wildman–Crippen MR) is 164 cm³/mol. The smallest absolute Gasteiger partial charge is 0.504 e. The first-order chi connectivity index (χ1) is 21.8. The van der Waals surface area contributed by atoms with Crippen molar-refractivity contribution in [3.05, 3.63) is 71.8 Å². The van der Waals surface area contributed by atoms with E-state index < -0.39 is 35.5 Å². The number of likely N-dealkylation sites (tertiary alicyclic amines) is 1. The Balaban J connectivity index is 1.41. The second-order valence-corrected chi connectivity index (χ2v) is 13.1. The zero-order valence-electron chi connectivity index (χ0n) is 26.2. The molecule has 1 saturated carbocycles. The van der Waals surface area contributed by atoms with Crippen LogP contribution < -0.4 is 9.47 Å². The molecule has 46 heavy (non-hydrogen) atoms. The molecule has 2 aromatic rings. The van der Waals surface area contributed by atoms with Gasteiger partial charge in [-0.3, -0.25) is 14.5 Å². The zero-order valence-corrected chi connectivity index (χ0v) is 26.2. The number of alkyl halides is 3. The summed E-state index contributed by atoms with van der Waals surface area (Å²) in [5.74, 6) is -0.619. The van der Waals surface area contributed by atoms with Gasteiger partial charge in [0.05, 0.1) is 17.5 Å². The summed E-state index contributed by atoms with van der Waals surface area (Å²) in [6, 6.07) is 8.41. The lowest BCUT2D eigenvalue weighted by Gasteiger charge is -2.65. The van der Waals surface area contributed by atoms with Gasteiger partial charge in [-0.25, -0.2) is 0 Å². The summed E-state index contributed by atoms with van der Waals surface area (Å²) in [7, 11) is 0. The summed E-state index contributed by atoms with van der Waals surface area (Å²) in [5, 5.41) is 11.1. The van der Waals surface area contributed by atoms with Gasteiger partial charge in [-0.05, 0) is 67.0 Å². The number of carbonyl (C=O) groups is 2. The van der Waals surface area contributed by atoms with E-state index in [2.05, 4.69) is 16.2 Å². The molecule has 1 N–H and O–H groups in total. The van der Waals surface area contributed by atoms with Crippen LogP contribution in [-0.4, -0.2) is 76.6 Å². The van der Waals surface area contributed by atoms with Crippen molar-refractivity contribution in [3.8, 4) is 17.2 Å². The number of amides is 1. The number of nitrogens with zero attached hydrogens (tertiary/aromatic N) is 2. The SMILES string of the molecule is C=CCN1CC[C@]23c4c5ccc(O)c4O[C@H]2[C@H](N(CC(C)C)C(=O)C=Cc2cccc(OC(F)(F)F)c2)CC[C@@]3(OC(C)=O)[C@H]1C5. The highest BCUT2D eigenvalue weighted by Crippen LogP contribution is 2.67. The van der Waals surface area contributed by atoms with E-state index in [1.54, 1.807) is 17.0 Å². The Morgan fingerprint density at radius 1 is 1.24 bits per heavy atom. The first-order valence-electron chi connectivity index (χ1n) is 15.7. The highest BCUT2D eigenvalue weighted by molar-refractivity contribution is 5.92. The van der Waals surface area contributed by atoms with Crippen LogP contribution in [0.5, 0.6) is 17.2 Å². The maximum atomic E-state index is 14.0. The first-order valence-corrected chi connectivity index (χ1v) is 15.7. The van der Waals surface area contributed by atoms with Crippen LogP contribution in [0.2, 0.25) is 0 Å². The molecule has 0 unspecified atom stereocenters. The van der Waals surface area contributed by atoms with Crippen molar-refractivity contribution in [1.29, 1.82) is 0 Å². The van der Waals surface area contributed by atoms with E-state index in [1.807, 2.05) is 26.0 Å². The molecule has 6 rings (SSSR count). The van der Waals surface area contributed by atoms with Gasteiger partial charge in [0, 0.05) is 38.2 Å². The monoisotopic (exact) mass is 640 g/mol. The van der Waals surface area contributed by atoms with Gasteiger partial charge in [0.1, 0.15) is 17.5 Å². The first kappa shape index (κ1) is 32.0. The van der Waals surface area contributed by atoms with Crippen molar-refractivity contribution in [2.24, 2.45) is 5.92 Å². The molecular weight excluding hydrogens is 601 g/mol. The van der Waals surface area contributed by atoms with Crippen LogP contribution in [0, 0.1) is 5.92 Å². The lowest BCUT2D eigenvalue weighted by molar-refractivity contribution is -0.274. The quantitative estimate of drug-likeness (QED) is 0.212. The topological polar surface area (TPSA) is 88.5 Å². The third kappa shape index (κ3) is 5.22. The Labute approximate surface area is 266 Å². The minimum Gasteiger partial charge on any atom is -0.504 e. The number of rotatable bonds is 9. The van der Waals surface area contributed by atoms with E-state index in [4.69, 9.17) is 9.47 Å². The fraction of sp³-hybridized carbons (Fsp3) is 0.486. The van der Waals surface area contributed by atoms with Crippen LogP contribution in [0.1, 0.15) is 56.7 Å². The molecule has 4 aliphatic rings. The molecule has 246 valence electrons. The molecule has 1 saturated heterocycles. The van der Waals surface area contributed by atoms with E-state index in [-0.39, 0.29) is 29.4 Å². The van der Waals surface area contributed by atoms with E-state index in [0.29, 0.717) is 56.6 Å². The molecule has 0 aromatic heterocycles. The summed E-state index contributed by atoms with van der Waals surface area (Å²) in [4.78, 5) is 31.0. The number of ether oxygens (including phenoxy) is 3. The number of hydrogen-bond donors (Lipinski definition) is 1.